The van der Waals surface area contributed by atoms with Gasteiger partial charge in [0.1, 0.15) is 5.75 Å². The molecule has 0 aromatic heterocycles. The van der Waals surface area contributed by atoms with E-state index in [2.05, 4.69) is 4.90 Å². The van der Waals surface area contributed by atoms with E-state index >= 15 is 0 Å². The van der Waals surface area contributed by atoms with Crippen LogP contribution in [0.5, 0.6) is 5.75 Å². The molecule has 0 atom stereocenters. The number of hydrogen-bond donors (Lipinski definition) is 0. The number of piperidine rings is 1. The number of halogens is 2. The number of piperazine rings is 1. The molecule has 184 valence electrons. The Bertz CT molecular complexity index is 1110. The van der Waals surface area contributed by atoms with Crippen LogP contribution in [-0.4, -0.2) is 69.9 Å². The molecule has 0 radical (unpaired) electrons. The maximum atomic E-state index is 13.1. The molecule has 4 rings (SSSR count). The van der Waals surface area contributed by atoms with E-state index in [4.69, 9.17) is 27.9 Å². The minimum atomic E-state index is -3.52. The molecule has 2 heterocycles. The van der Waals surface area contributed by atoms with Gasteiger partial charge in [0, 0.05) is 60.9 Å². The third kappa shape index (κ3) is 5.79. The fourth-order valence-corrected chi connectivity index (χ4v) is 6.69. The summed E-state index contributed by atoms with van der Waals surface area (Å²) in [7, 11) is -1.88. The Balaban J connectivity index is 1.28. The fraction of sp³-hybridized carbons (Fsp3) is 0.458. The van der Waals surface area contributed by atoms with E-state index in [1.54, 1.807) is 25.3 Å². The first-order valence-electron chi connectivity index (χ1n) is 11.4. The molecule has 0 aliphatic carbocycles. The predicted octanol–water partition coefficient (Wildman–Crippen LogP) is 3.89. The van der Waals surface area contributed by atoms with Gasteiger partial charge in [0.15, 0.2) is 0 Å². The number of ether oxygens (including phenoxy) is 1. The number of amides is 1. The Morgan fingerprint density at radius 1 is 0.971 bits per heavy atom. The zero-order valence-corrected chi connectivity index (χ0v) is 21.4. The molecule has 0 unspecified atom stereocenters. The lowest BCUT2D eigenvalue weighted by atomic mass is 9.96. The van der Waals surface area contributed by atoms with E-state index < -0.39 is 10.0 Å². The lowest BCUT2D eigenvalue weighted by Gasteiger charge is -2.39. The van der Waals surface area contributed by atoms with Gasteiger partial charge in [-0.15, -0.1) is 0 Å². The third-order valence-corrected chi connectivity index (χ3v) is 8.99. The van der Waals surface area contributed by atoms with Crippen molar-refractivity contribution in [3.63, 3.8) is 0 Å². The number of benzene rings is 2. The molecule has 2 fully saturated rings. The fourth-order valence-electron chi connectivity index (χ4n) is 4.54. The van der Waals surface area contributed by atoms with Crippen LogP contribution in [0.25, 0.3) is 0 Å². The van der Waals surface area contributed by atoms with Gasteiger partial charge in [-0.3, -0.25) is 4.79 Å². The van der Waals surface area contributed by atoms with Gasteiger partial charge in [-0.05, 0) is 54.8 Å². The minimum absolute atomic E-state index is 0.132. The van der Waals surface area contributed by atoms with Gasteiger partial charge in [-0.1, -0.05) is 29.3 Å². The summed E-state index contributed by atoms with van der Waals surface area (Å²) in [5.74, 6) is 0.641. The second-order valence-electron chi connectivity index (χ2n) is 8.68. The summed E-state index contributed by atoms with van der Waals surface area (Å²) in [5, 5.41) is 0.810. The number of methoxy groups -OCH3 is 1. The summed E-state index contributed by atoms with van der Waals surface area (Å²) in [4.78, 5) is 17.3. The van der Waals surface area contributed by atoms with Crippen molar-refractivity contribution in [3.05, 3.63) is 58.1 Å². The molecular formula is C24H29Cl2N3O4S. The maximum Gasteiger partial charge on any atom is 0.225 e. The van der Waals surface area contributed by atoms with E-state index in [-0.39, 0.29) is 17.6 Å². The molecule has 34 heavy (non-hydrogen) atoms. The highest BCUT2D eigenvalue weighted by Gasteiger charge is 2.34. The summed E-state index contributed by atoms with van der Waals surface area (Å²) in [5.41, 5.74) is 1.64. The number of hydrogen-bond acceptors (Lipinski definition) is 5. The number of sulfonamides is 1. The monoisotopic (exact) mass is 525 g/mol. The first-order valence-corrected chi connectivity index (χ1v) is 13.7. The normalized spacial score (nSPS) is 18.2. The Hall–Kier alpha value is -2.00. The molecule has 0 bridgehead atoms. The predicted molar refractivity (Wildman–Crippen MR) is 135 cm³/mol. The Morgan fingerprint density at radius 3 is 2.21 bits per heavy atom. The highest BCUT2D eigenvalue weighted by Crippen LogP contribution is 2.28. The van der Waals surface area contributed by atoms with Crippen LogP contribution in [-0.2, 0) is 20.6 Å². The van der Waals surface area contributed by atoms with Crippen molar-refractivity contribution in [1.82, 2.24) is 9.21 Å². The van der Waals surface area contributed by atoms with Gasteiger partial charge in [-0.2, -0.15) is 0 Å². The van der Waals surface area contributed by atoms with E-state index in [9.17, 15) is 13.2 Å². The second-order valence-corrected chi connectivity index (χ2v) is 11.5. The molecule has 2 aliphatic heterocycles. The van der Waals surface area contributed by atoms with Crippen molar-refractivity contribution in [2.45, 2.75) is 18.6 Å². The summed E-state index contributed by atoms with van der Waals surface area (Å²) in [6.45, 7) is 3.56. The van der Waals surface area contributed by atoms with E-state index in [0.29, 0.717) is 54.6 Å². The molecule has 7 nitrogen and oxygen atoms in total. The van der Waals surface area contributed by atoms with Crippen LogP contribution in [0.4, 0.5) is 5.69 Å². The van der Waals surface area contributed by atoms with Gasteiger partial charge in [0.2, 0.25) is 15.9 Å². The molecule has 2 aromatic rings. The van der Waals surface area contributed by atoms with E-state index in [1.807, 2.05) is 29.2 Å². The average Bonchev–Trinajstić information content (AvgIpc) is 2.85. The highest BCUT2D eigenvalue weighted by molar-refractivity contribution is 7.88. The number of anilines is 1. The molecule has 0 spiro atoms. The van der Waals surface area contributed by atoms with Gasteiger partial charge in [-0.25, -0.2) is 12.7 Å². The second kappa shape index (κ2) is 10.7. The third-order valence-electron chi connectivity index (χ3n) is 6.58. The summed E-state index contributed by atoms with van der Waals surface area (Å²) in [6.07, 6.45) is 1.07. The number of carbonyl (C=O) groups is 1. The average molecular weight is 526 g/mol. The smallest absolute Gasteiger partial charge is 0.225 e. The standard InChI is InChI=1S/C24H29Cl2N3O4S/c1-33-22-6-4-21(5-7-22)27-12-14-28(15-13-27)24(30)18-8-10-29(11-9-18)34(31,32)17-19-2-3-20(25)16-23(19)26/h2-7,16,18H,8-15,17H2,1H3. The van der Waals surface area contributed by atoms with Crippen LogP contribution in [0.1, 0.15) is 18.4 Å². The molecule has 10 heteroatoms. The van der Waals surface area contributed by atoms with Gasteiger partial charge >= 0.3 is 0 Å². The Labute approximate surface area is 211 Å². The largest absolute Gasteiger partial charge is 0.497 e. The molecule has 2 aromatic carbocycles. The van der Waals surface area contributed by atoms with Gasteiger partial charge in [0.25, 0.3) is 0 Å². The van der Waals surface area contributed by atoms with Crippen molar-refractivity contribution in [1.29, 1.82) is 0 Å². The number of carbonyl (C=O) groups excluding carboxylic acids is 1. The van der Waals surface area contributed by atoms with Crippen LogP contribution in [0.2, 0.25) is 10.0 Å². The molecule has 1 amide bonds. The summed E-state index contributed by atoms with van der Waals surface area (Å²) in [6, 6.07) is 12.8. The van der Waals surface area contributed by atoms with Crippen molar-refractivity contribution in [3.8, 4) is 5.75 Å². The van der Waals surface area contributed by atoms with Crippen LogP contribution in [0, 0.1) is 5.92 Å². The SMILES string of the molecule is COc1ccc(N2CCN(C(=O)C3CCN(S(=O)(=O)Cc4ccc(Cl)cc4Cl)CC3)CC2)cc1. The van der Waals surface area contributed by atoms with Crippen LogP contribution >= 0.6 is 23.2 Å². The number of nitrogens with zero attached hydrogens (tertiary/aromatic N) is 3. The van der Waals surface area contributed by atoms with Crippen LogP contribution in [0.15, 0.2) is 42.5 Å². The number of rotatable bonds is 6. The summed E-state index contributed by atoms with van der Waals surface area (Å²) >= 11 is 12.1. The van der Waals surface area contributed by atoms with E-state index in [0.717, 1.165) is 24.5 Å². The van der Waals surface area contributed by atoms with Crippen molar-refractivity contribution < 1.29 is 17.9 Å². The van der Waals surface area contributed by atoms with Crippen molar-refractivity contribution in [2.24, 2.45) is 5.92 Å². The highest BCUT2D eigenvalue weighted by atomic mass is 35.5. The Morgan fingerprint density at radius 2 is 1.62 bits per heavy atom. The quantitative estimate of drug-likeness (QED) is 0.572. The van der Waals surface area contributed by atoms with Crippen LogP contribution < -0.4 is 9.64 Å². The minimum Gasteiger partial charge on any atom is -0.497 e. The first-order chi connectivity index (χ1) is 16.3. The Kier molecular flexibility index (Phi) is 7.92. The molecule has 0 N–H and O–H groups in total. The van der Waals surface area contributed by atoms with Crippen LogP contribution in [0.3, 0.4) is 0 Å². The van der Waals surface area contributed by atoms with Crippen molar-refractivity contribution >= 4 is 44.8 Å². The lowest BCUT2D eigenvalue weighted by molar-refractivity contribution is -0.137. The maximum absolute atomic E-state index is 13.1. The lowest BCUT2D eigenvalue weighted by Crippen LogP contribution is -2.52. The van der Waals surface area contributed by atoms with Crippen molar-refractivity contribution in [2.75, 3.05) is 51.3 Å². The van der Waals surface area contributed by atoms with E-state index in [1.165, 1.54) is 4.31 Å². The molecule has 0 saturated carbocycles. The summed E-state index contributed by atoms with van der Waals surface area (Å²) < 4.78 is 32.5. The first kappa shape index (κ1) is 25.1. The zero-order chi connectivity index (χ0) is 24.3. The molecule has 2 saturated heterocycles. The van der Waals surface area contributed by atoms with Gasteiger partial charge in [0.05, 0.1) is 12.9 Å². The topological polar surface area (TPSA) is 70.2 Å². The van der Waals surface area contributed by atoms with Gasteiger partial charge < -0.3 is 14.5 Å². The zero-order valence-electron chi connectivity index (χ0n) is 19.1. The molecule has 2 aliphatic rings. The molecular weight excluding hydrogens is 497 g/mol.